The SMILES string of the molecule is CN(Cc1c(F)cccc1Cl)C(=O)CNC(=O)c1ccccc1. The molecule has 0 spiro atoms. The molecule has 0 aliphatic carbocycles. The molecule has 6 heteroatoms. The molecule has 0 heterocycles. The second-order valence-corrected chi connectivity index (χ2v) is 5.41. The fraction of sp³-hybridized carbons (Fsp3) is 0.176. The molecule has 0 saturated carbocycles. The average molecular weight is 335 g/mol. The maximum absolute atomic E-state index is 13.7. The highest BCUT2D eigenvalue weighted by molar-refractivity contribution is 6.31. The first-order chi connectivity index (χ1) is 11.0. The molecular weight excluding hydrogens is 319 g/mol. The van der Waals surface area contributed by atoms with Crippen molar-refractivity contribution in [3.05, 3.63) is 70.5 Å². The molecule has 1 N–H and O–H groups in total. The van der Waals surface area contributed by atoms with Crippen LogP contribution in [0.4, 0.5) is 4.39 Å². The van der Waals surface area contributed by atoms with Gasteiger partial charge in [0.05, 0.1) is 6.54 Å². The molecule has 0 aromatic heterocycles. The Balaban J connectivity index is 1.92. The number of halogens is 2. The van der Waals surface area contributed by atoms with Crippen molar-refractivity contribution in [3.63, 3.8) is 0 Å². The highest BCUT2D eigenvalue weighted by Gasteiger charge is 2.15. The molecule has 0 aliphatic heterocycles. The topological polar surface area (TPSA) is 49.4 Å². The number of nitrogens with one attached hydrogen (secondary N) is 1. The van der Waals surface area contributed by atoms with Gasteiger partial charge in [0.15, 0.2) is 0 Å². The van der Waals surface area contributed by atoms with E-state index in [9.17, 15) is 14.0 Å². The summed E-state index contributed by atoms with van der Waals surface area (Å²) in [4.78, 5) is 25.2. The van der Waals surface area contributed by atoms with Gasteiger partial charge in [-0.05, 0) is 24.3 Å². The van der Waals surface area contributed by atoms with E-state index in [4.69, 9.17) is 11.6 Å². The van der Waals surface area contributed by atoms with E-state index in [1.54, 1.807) is 36.4 Å². The predicted molar refractivity (Wildman–Crippen MR) is 86.7 cm³/mol. The van der Waals surface area contributed by atoms with Gasteiger partial charge in [0.2, 0.25) is 5.91 Å². The maximum atomic E-state index is 13.7. The zero-order valence-corrected chi connectivity index (χ0v) is 13.3. The zero-order valence-electron chi connectivity index (χ0n) is 12.6. The summed E-state index contributed by atoms with van der Waals surface area (Å²) in [6.07, 6.45) is 0. The van der Waals surface area contributed by atoms with Crippen molar-refractivity contribution in [2.45, 2.75) is 6.54 Å². The van der Waals surface area contributed by atoms with Crippen LogP contribution in [-0.2, 0) is 11.3 Å². The number of amides is 2. The molecule has 4 nitrogen and oxygen atoms in total. The lowest BCUT2D eigenvalue weighted by molar-refractivity contribution is -0.129. The van der Waals surface area contributed by atoms with Gasteiger partial charge in [0.25, 0.3) is 5.91 Å². The Morgan fingerprint density at radius 1 is 1.13 bits per heavy atom. The van der Waals surface area contributed by atoms with Crippen molar-refractivity contribution in [2.75, 3.05) is 13.6 Å². The van der Waals surface area contributed by atoms with E-state index in [0.717, 1.165) is 0 Å². The number of carbonyl (C=O) groups is 2. The quantitative estimate of drug-likeness (QED) is 0.914. The Morgan fingerprint density at radius 3 is 2.48 bits per heavy atom. The van der Waals surface area contributed by atoms with E-state index in [2.05, 4.69) is 5.32 Å². The largest absolute Gasteiger partial charge is 0.343 e. The fourth-order valence-electron chi connectivity index (χ4n) is 1.99. The summed E-state index contributed by atoms with van der Waals surface area (Å²) in [6.45, 7) is -0.137. The molecule has 0 unspecified atom stereocenters. The lowest BCUT2D eigenvalue weighted by atomic mass is 10.2. The van der Waals surface area contributed by atoms with Gasteiger partial charge in [-0.25, -0.2) is 4.39 Å². The van der Waals surface area contributed by atoms with Gasteiger partial charge in [-0.1, -0.05) is 35.9 Å². The molecule has 0 atom stereocenters. The smallest absolute Gasteiger partial charge is 0.251 e. The Kier molecular flexibility index (Phi) is 5.71. The summed E-state index contributed by atoms with van der Waals surface area (Å²) in [6, 6.07) is 12.9. The zero-order chi connectivity index (χ0) is 16.8. The summed E-state index contributed by atoms with van der Waals surface area (Å²) < 4.78 is 13.7. The van der Waals surface area contributed by atoms with Gasteiger partial charge in [-0.2, -0.15) is 0 Å². The van der Waals surface area contributed by atoms with Gasteiger partial charge >= 0.3 is 0 Å². The molecule has 2 amide bonds. The van der Waals surface area contributed by atoms with E-state index in [0.29, 0.717) is 5.56 Å². The van der Waals surface area contributed by atoms with E-state index >= 15 is 0 Å². The van der Waals surface area contributed by atoms with E-state index in [1.807, 2.05) is 0 Å². The Hall–Kier alpha value is -2.40. The third kappa shape index (κ3) is 4.53. The second-order valence-electron chi connectivity index (χ2n) is 5.00. The second kappa shape index (κ2) is 7.74. The van der Waals surface area contributed by atoms with Crippen molar-refractivity contribution in [3.8, 4) is 0 Å². The van der Waals surface area contributed by atoms with Crippen molar-refractivity contribution < 1.29 is 14.0 Å². The van der Waals surface area contributed by atoms with Crippen LogP contribution in [0.2, 0.25) is 5.02 Å². The number of benzene rings is 2. The summed E-state index contributed by atoms with van der Waals surface area (Å²) in [5.41, 5.74) is 0.722. The number of hydrogen-bond donors (Lipinski definition) is 1. The number of hydrogen-bond acceptors (Lipinski definition) is 2. The van der Waals surface area contributed by atoms with Crippen LogP contribution >= 0.6 is 11.6 Å². The van der Waals surface area contributed by atoms with Crippen LogP contribution in [-0.4, -0.2) is 30.3 Å². The minimum Gasteiger partial charge on any atom is -0.343 e. The first-order valence-corrected chi connectivity index (χ1v) is 7.37. The van der Waals surface area contributed by atoms with Crippen LogP contribution < -0.4 is 5.32 Å². The van der Waals surface area contributed by atoms with E-state index in [-0.39, 0.29) is 35.5 Å². The predicted octanol–water partition coefficient (Wildman–Crippen LogP) is 2.87. The molecule has 0 saturated heterocycles. The van der Waals surface area contributed by atoms with Gasteiger partial charge in [0, 0.05) is 29.7 Å². The van der Waals surface area contributed by atoms with E-state index < -0.39 is 5.82 Å². The molecule has 0 radical (unpaired) electrons. The number of carbonyl (C=O) groups excluding carboxylic acids is 2. The van der Waals surface area contributed by atoms with Crippen molar-refractivity contribution >= 4 is 23.4 Å². The van der Waals surface area contributed by atoms with Crippen molar-refractivity contribution in [2.24, 2.45) is 0 Å². The van der Waals surface area contributed by atoms with Crippen LogP contribution in [0.1, 0.15) is 15.9 Å². The summed E-state index contributed by atoms with van der Waals surface area (Å²) in [5, 5.41) is 2.80. The van der Waals surface area contributed by atoms with Crippen LogP contribution in [0.15, 0.2) is 48.5 Å². The molecule has 0 bridgehead atoms. The van der Waals surface area contributed by atoms with Crippen LogP contribution in [0.3, 0.4) is 0 Å². The third-order valence-corrected chi connectivity index (χ3v) is 3.67. The van der Waals surface area contributed by atoms with E-state index in [1.165, 1.54) is 24.1 Å². The van der Waals surface area contributed by atoms with Crippen LogP contribution in [0.5, 0.6) is 0 Å². The third-order valence-electron chi connectivity index (χ3n) is 3.32. The average Bonchev–Trinajstić information content (AvgIpc) is 2.56. The minimum absolute atomic E-state index is 0.0333. The van der Waals surface area contributed by atoms with Crippen LogP contribution in [0.25, 0.3) is 0 Å². The number of nitrogens with zero attached hydrogens (tertiary/aromatic N) is 1. The monoisotopic (exact) mass is 334 g/mol. The lowest BCUT2D eigenvalue weighted by Crippen LogP contribution is -2.38. The molecule has 0 fully saturated rings. The molecule has 2 aromatic rings. The molecular formula is C17H16ClFN2O2. The number of likely N-dealkylation sites (N-methyl/N-ethyl adjacent to an activating group) is 1. The van der Waals surface area contributed by atoms with Crippen LogP contribution in [0, 0.1) is 5.82 Å². The lowest BCUT2D eigenvalue weighted by Gasteiger charge is -2.18. The van der Waals surface area contributed by atoms with Gasteiger partial charge in [0.1, 0.15) is 5.82 Å². The molecule has 2 rings (SSSR count). The maximum Gasteiger partial charge on any atom is 0.251 e. The molecule has 23 heavy (non-hydrogen) atoms. The molecule has 2 aromatic carbocycles. The van der Waals surface area contributed by atoms with Gasteiger partial charge in [-0.3, -0.25) is 9.59 Å². The minimum atomic E-state index is -0.467. The summed E-state index contributed by atoms with van der Waals surface area (Å²) in [5.74, 6) is -1.14. The Morgan fingerprint density at radius 2 is 1.83 bits per heavy atom. The standard InChI is InChI=1S/C17H16ClFN2O2/c1-21(11-13-14(18)8-5-9-15(13)19)16(22)10-20-17(23)12-6-3-2-4-7-12/h2-9H,10-11H2,1H3,(H,20,23). The Bertz CT molecular complexity index is 687. The number of rotatable bonds is 5. The van der Waals surface area contributed by atoms with Crippen molar-refractivity contribution in [1.82, 2.24) is 10.2 Å². The Labute approximate surface area is 138 Å². The molecule has 120 valence electrons. The normalized spacial score (nSPS) is 10.2. The summed E-state index contributed by atoms with van der Waals surface area (Å²) >= 11 is 5.94. The van der Waals surface area contributed by atoms with Gasteiger partial charge < -0.3 is 10.2 Å². The summed E-state index contributed by atoms with van der Waals surface area (Å²) in [7, 11) is 1.53. The first kappa shape index (κ1) is 17.0. The first-order valence-electron chi connectivity index (χ1n) is 6.99. The highest BCUT2D eigenvalue weighted by Crippen LogP contribution is 2.20. The molecule has 0 aliphatic rings. The fourth-order valence-corrected chi connectivity index (χ4v) is 2.21. The highest BCUT2D eigenvalue weighted by atomic mass is 35.5. The van der Waals surface area contributed by atoms with Gasteiger partial charge in [-0.15, -0.1) is 0 Å². The van der Waals surface area contributed by atoms with Crippen molar-refractivity contribution in [1.29, 1.82) is 0 Å².